The zero-order chi connectivity index (χ0) is 13.7. The Kier molecular flexibility index (Phi) is 5.17. The van der Waals surface area contributed by atoms with Crippen LogP contribution >= 0.6 is 15.9 Å². The molecule has 2 aromatic carbocycles. The third-order valence-electron chi connectivity index (χ3n) is 3.31. The fourth-order valence-corrected chi connectivity index (χ4v) is 2.81. The van der Waals surface area contributed by atoms with Crippen LogP contribution in [0.2, 0.25) is 0 Å². The summed E-state index contributed by atoms with van der Waals surface area (Å²) in [6, 6.07) is 17.3. The molecule has 0 spiro atoms. The molecule has 1 N–H and O–H groups in total. The lowest BCUT2D eigenvalue weighted by atomic mass is 9.95. The Morgan fingerprint density at radius 3 is 2.26 bits per heavy atom. The van der Waals surface area contributed by atoms with Crippen LogP contribution in [-0.4, -0.2) is 6.54 Å². The van der Waals surface area contributed by atoms with Crippen molar-refractivity contribution in [3.05, 3.63) is 69.7 Å². The molecular formula is C17H20BrN. The minimum atomic E-state index is 0.247. The lowest BCUT2D eigenvalue weighted by Gasteiger charge is -2.22. The third-order valence-corrected chi connectivity index (χ3v) is 4.04. The molecule has 2 heteroatoms. The van der Waals surface area contributed by atoms with Crippen molar-refractivity contribution in [1.82, 2.24) is 5.32 Å². The van der Waals surface area contributed by atoms with Crippen LogP contribution in [0.4, 0.5) is 0 Å². The summed E-state index contributed by atoms with van der Waals surface area (Å²) in [7, 11) is 0. The summed E-state index contributed by atoms with van der Waals surface area (Å²) in [5.74, 6) is 0. The summed E-state index contributed by atoms with van der Waals surface area (Å²) in [6.07, 6.45) is 1.13. The van der Waals surface area contributed by atoms with Crippen LogP contribution in [0.15, 0.2) is 53.0 Å². The summed E-state index contributed by atoms with van der Waals surface area (Å²) in [5, 5.41) is 3.65. The Bertz CT molecular complexity index is 491. The van der Waals surface area contributed by atoms with E-state index in [1.54, 1.807) is 0 Å². The summed E-state index contributed by atoms with van der Waals surface area (Å²) in [5.41, 5.74) is 3.97. The van der Waals surface area contributed by atoms with Crippen LogP contribution in [0, 0.1) is 6.92 Å². The van der Waals surface area contributed by atoms with E-state index in [1.165, 1.54) is 16.7 Å². The molecule has 0 saturated carbocycles. The zero-order valence-electron chi connectivity index (χ0n) is 11.5. The first-order valence-corrected chi connectivity index (χ1v) is 7.56. The number of hydrogen-bond donors (Lipinski definition) is 1. The van der Waals surface area contributed by atoms with Gasteiger partial charge in [-0.3, -0.25) is 0 Å². The fraction of sp³-hybridized carbons (Fsp3) is 0.294. The SMILES string of the molecule is CCCNC(c1ccccc1C)c1ccccc1Br. The first-order valence-electron chi connectivity index (χ1n) is 6.77. The van der Waals surface area contributed by atoms with Crippen LogP contribution in [0.25, 0.3) is 0 Å². The molecule has 2 rings (SSSR count). The summed E-state index contributed by atoms with van der Waals surface area (Å²) >= 11 is 3.67. The monoisotopic (exact) mass is 317 g/mol. The van der Waals surface area contributed by atoms with Gasteiger partial charge in [-0.25, -0.2) is 0 Å². The van der Waals surface area contributed by atoms with Gasteiger partial charge in [0.2, 0.25) is 0 Å². The lowest BCUT2D eigenvalue weighted by molar-refractivity contribution is 0.594. The van der Waals surface area contributed by atoms with Crippen LogP contribution in [0.3, 0.4) is 0 Å². The average Bonchev–Trinajstić information content (AvgIpc) is 2.42. The Morgan fingerprint density at radius 1 is 1.00 bits per heavy atom. The highest BCUT2D eigenvalue weighted by atomic mass is 79.9. The van der Waals surface area contributed by atoms with E-state index in [0.717, 1.165) is 17.4 Å². The van der Waals surface area contributed by atoms with Gasteiger partial charge in [-0.1, -0.05) is 65.3 Å². The molecule has 0 radical (unpaired) electrons. The van der Waals surface area contributed by atoms with Gasteiger partial charge >= 0.3 is 0 Å². The molecule has 0 amide bonds. The average molecular weight is 318 g/mol. The van der Waals surface area contributed by atoms with Crippen LogP contribution in [0.1, 0.15) is 36.1 Å². The van der Waals surface area contributed by atoms with Crippen molar-refractivity contribution in [3.63, 3.8) is 0 Å². The van der Waals surface area contributed by atoms with Gasteiger partial charge in [0.1, 0.15) is 0 Å². The molecule has 1 unspecified atom stereocenters. The lowest BCUT2D eigenvalue weighted by Crippen LogP contribution is -2.24. The minimum Gasteiger partial charge on any atom is -0.306 e. The molecule has 0 bridgehead atoms. The highest BCUT2D eigenvalue weighted by molar-refractivity contribution is 9.10. The van der Waals surface area contributed by atoms with Crippen LogP contribution in [0.5, 0.6) is 0 Å². The summed E-state index contributed by atoms with van der Waals surface area (Å²) in [4.78, 5) is 0. The van der Waals surface area contributed by atoms with Gasteiger partial charge in [0.25, 0.3) is 0 Å². The Hall–Kier alpha value is -1.12. The topological polar surface area (TPSA) is 12.0 Å². The van der Waals surface area contributed by atoms with Crippen molar-refractivity contribution in [2.24, 2.45) is 0 Å². The molecule has 0 aliphatic heterocycles. The Balaban J connectivity index is 2.42. The Labute approximate surface area is 124 Å². The molecular weight excluding hydrogens is 298 g/mol. The quantitative estimate of drug-likeness (QED) is 0.831. The minimum absolute atomic E-state index is 0.247. The second kappa shape index (κ2) is 6.88. The van der Waals surface area contributed by atoms with Crippen LogP contribution < -0.4 is 5.32 Å². The first-order chi connectivity index (χ1) is 9.24. The number of hydrogen-bond acceptors (Lipinski definition) is 1. The number of nitrogens with one attached hydrogen (secondary N) is 1. The van der Waals surface area contributed by atoms with Crippen LogP contribution in [-0.2, 0) is 0 Å². The van der Waals surface area contributed by atoms with E-state index in [0.29, 0.717) is 0 Å². The fourth-order valence-electron chi connectivity index (χ4n) is 2.30. The van der Waals surface area contributed by atoms with Crippen molar-refractivity contribution in [2.75, 3.05) is 6.54 Å². The first kappa shape index (κ1) is 14.3. The van der Waals surface area contributed by atoms with E-state index < -0.39 is 0 Å². The Morgan fingerprint density at radius 2 is 1.63 bits per heavy atom. The van der Waals surface area contributed by atoms with Gasteiger partial charge in [0.05, 0.1) is 6.04 Å². The number of aryl methyl sites for hydroxylation is 1. The van der Waals surface area contributed by atoms with E-state index in [9.17, 15) is 0 Å². The molecule has 100 valence electrons. The zero-order valence-corrected chi connectivity index (χ0v) is 13.1. The van der Waals surface area contributed by atoms with Crippen molar-refractivity contribution >= 4 is 15.9 Å². The maximum Gasteiger partial charge on any atom is 0.0590 e. The van der Waals surface area contributed by atoms with Gasteiger partial charge in [0, 0.05) is 4.47 Å². The largest absolute Gasteiger partial charge is 0.306 e. The molecule has 0 fully saturated rings. The highest BCUT2D eigenvalue weighted by Gasteiger charge is 2.17. The van der Waals surface area contributed by atoms with E-state index in [-0.39, 0.29) is 6.04 Å². The van der Waals surface area contributed by atoms with Gasteiger partial charge in [0.15, 0.2) is 0 Å². The van der Waals surface area contributed by atoms with E-state index in [2.05, 4.69) is 83.6 Å². The van der Waals surface area contributed by atoms with Crippen molar-refractivity contribution in [3.8, 4) is 0 Å². The standard InChI is InChI=1S/C17H20BrN/c1-3-12-19-17(14-9-5-4-8-13(14)2)15-10-6-7-11-16(15)18/h4-11,17,19H,3,12H2,1-2H3. The molecule has 0 saturated heterocycles. The predicted molar refractivity (Wildman–Crippen MR) is 85.5 cm³/mol. The van der Waals surface area contributed by atoms with Crippen molar-refractivity contribution in [2.45, 2.75) is 26.3 Å². The summed E-state index contributed by atoms with van der Waals surface area (Å²) < 4.78 is 1.16. The van der Waals surface area contributed by atoms with Gasteiger partial charge in [-0.05, 0) is 42.6 Å². The normalized spacial score (nSPS) is 12.4. The van der Waals surface area contributed by atoms with E-state index >= 15 is 0 Å². The van der Waals surface area contributed by atoms with Gasteiger partial charge in [-0.15, -0.1) is 0 Å². The van der Waals surface area contributed by atoms with Gasteiger partial charge < -0.3 is 5.32 Å². The molecule has 1 nitrogen and oxygen atoms in total. The molecule has 19 heavy (non-hydrogen) atoms. The maximum atomic E-state index is 3.67. The number of halogens is 1. The van der Waals surface area contributed by atoms with Gasteiger partial charge in [-0.2, -0.15) is 0 Å². The van der Waals surface area contributed by atoms with Crippen molar-refractivity contribution < 1.29 is 0 Å². The predicted octanol–water partition coefficient (Wildman–Crippen LogP) is 4.85. The molecule has 0 aromatic heterocycles. The summed E-state index contributed by atoms with van der Waals surface area (Å²) in [6.45, 7) is 5.38. The van der Waals surface area contributed by atoms with E-state index in [4.69, 9.17) is 0 Å². The second-order valence-corrected chi connectivity index (χ2v) is 5.62. The maximum absolute atomic E-state index is 3.67. The smallest absolute Gasteiger partial charge is 0.0590 e. The molecule has 1 atom stereocenters. The van der Waals surface area contributed by atoms with E-state index in [1.807, 2.05) is 0 Å². The molecule has 0 heterocycles. The number of benzene rings is 2. The second-order valence-electron chi connectivity index (χ2n) is 4.77. The number of rotatable bonds is 5. The van der Waals surface area contributed by atoms with Crippen molar-refractivity contribution in [1.29, 1.82) is 0 Å². The molecule has 0 aliphatic rings. The highest BCUT2D eigenvalue weighted by Crippen LogP contribution is 2.30. The molecule has 2 aromatic rings. The third kappa shape index (κ3) is 3.46. The molecule has 0 aliphatic carbocycles.